The molecule has 104 valence electrons. The van der Waals surface area contributed by atoms with Gasteiger partial charge in [-0.05, 0) is 24.4 Å². The number of allylic oxidation sites excluding steroid dienone is 1. The molecular weight excluding hydrogens is 284 g/mol. The number of hydrogen-bond acceptors (Lipinski definition) is 3. The van der Waals surface area contributed by atoms with Gasteiger partial charge in [-0.1, -0.05) is 36.1 Å². The van der Waals surface area contributed by atoms with Crippen molar-refractivity contribution in [2.75, 3.05) is 6.54 Å². The summed E-state index contributed by atoms with van der Waals surface area (Å²) in [5, 5.41) is 2.54. The van der Waals surface area contributed by atoms with Crippen LogP contribution in [0.3, 0.4) is 0 Å². The number of carbonyl (C=O) groups excluding carboxylic acids is 2. The van der Waals surface area contributed by atoms with Gasteiger partial charge in [0.2, 0.25) is 0 Å². The van der Waals surface area contributed by atoms with Gasteiger partial charge in [-0.25, -0.2) is 0 Å². The molecule has 0 unspecified atom stereocenters. The lowest BCUT2D eigenvalue weighted by atomic mass is 10.1. The Labute approximate surface area is 128 Å². The second-order valence-electron chi connectivity index (χ2n) is 4.16. The summed E-state index contributed by atoms with van der Waals surface area (Å²) in [6.45, 7) is 3.79. The second kappa shape index (κ2) is 6.64. The van der Waals surface area contributed by atoms with Gasteiger partial charge >= 0.3 is 0 Å². The number of hydrogen-bond donors (Lipinski definition) is 1. The van der Waals surface area contributed by atoms with Crippen molar-refractivity contribution in [3.05, 3.63) is 60.2 Å². The van der Waals surface area contributed by atoms with E-state index in [-0.39, 0.29) is 17.2 Å². The second-order valence-corrected chi connectivity index (χ2v) is 4.54. The van der Waals surface area contributed by atoms with Crippen LogP contribution in [0, 0.1) is 11.8 Å². The topological polar surface area (TPSA) is 49.4 Å². The van der Waals surface area contributed by atoms with E-state index in [0.29, 0.717) is 0 Å². The van der Waals surface area contributed by atoms with Crippen molar-refractivity contribution in [1.29, 1.82) is 0 Å². The maximum Gasteiger partial charge on any atom is 0.266 e. The molecule has 1 fully saturated rings. The van der Waals surface area contributed by atoms with E-state index in [0.717, 1.165) is 5.56 Å². The monoisotopic (exact) mass is 296 g/mol. The fraction of sp³-hybridized carbons (Fsp3) is 0.0625. The van der Waals surface area contributed by atoms with Crippen LogP contribution in [-0.2, 0) is 9.59 Å². The van der Waals surface area contributed by atoms with Crippen molar-refractivity contribution in [3.63, 3.8) is 0 Å². The zero-order chi connectivity index (χ0) is 15.2. The average Bonchev–Trinajstić information content (AvgIpc) is 2.48. The van der Waals surface area contributed by atoms with E-state index in [4.69, 9.17) is 12.2 Å². The number of amides is 2. The maximum absolute atomic E-state index is 12.2. The first kappa shape index (κ1) is 14.7. The number of benzene rings is 1. The summed E-state index contributed by atoms with van der Waals surface area (Å²) in [5.41, 5.74) is 0.769. The molecule has 4 nitrogen and oxygen atoms in total. The summed E-state index contributed by atoms with van der Waals surface area (Å²) in [6.07, 6.45) is 2.84. The highest BCUT2D eigenvalue weighted by atomic mass is 32.1. The van der Waals surface area contributed by atoms with E-state index in [1.807, 2.05) is 30.3 Å². The first-order valence-corrected chi connectivity index (χ1v) is 6.59. The Morgan fingerprint density at radius 2 is 2.00 bits per heavy atom. The lowest BCUT2D eigenvalue weighted by molar-refractivity contribution is -0.128. The van der Waals surface area contributed by atoms with Crippen molar-refractivity contribution in [2.45, 2.75) is 0 Å². The molecule has 2 amide bonds. The van der Waals surface area contributed by atoms with Crippen LogP contribution in [0.2, 0.25) is 0 Å². The first-order chi connectivity index (χ1) is 10.1. The van der Waals surface area contributed by atoms with Gasteiger partial charge in [0.15, 0.2) is 5.11 Å². The normalized spacial score (nSPS) is 16.3. The van der Waals surface area contributed by atoms with Gasteiger partial charge in [0, 0.05) is 18.2 Å². The Morgan fingerprint density at radius 1 is 1.29 bits per heavy atom. The minimum Gasteiger partial charge on any atom is -0.298 e. The Balaban J connectivity index is 2.25. The van der Waals surface area contributed by atoms with E-state index in [1.54, 1.807) is 0 Å². The highest BCUT2D eigenvalue weighted by Gasteiger charge is 2.32. The van der Waals surface area contributed by atoms with E-state index >= 15 is 0 Å². The third-order valence-corrected chi connectivity index (χ3v) is 3.03. The molecule has 1 aromatic rings. The minimum atomic E-state index is -0.535. The number of thiocarbonyl (C=S) groups is 1. The van der Waals surface area contributed by atoms with Gasteiger partial charge in [0.05, 0.1) is 0 Å². The third kappa shape index (κ3) is 3.44. The van der Waals surface area contributed by atoms with Crippen LogP contribution in [0.5, 0.6) is 0 Å². The molecule has 0 spiro atoms. The predicted octanol–water partition coefficient (Wildman–Crippen LogP) is 1.39. The van der Waals surface area contributed by atoms with Crippen molar-refractivity contribution in [1.82, 2.24) is 10.2 Å². The lowest BCUT2D eigenvalue weighted by Gasteiger charge is -2.27. The Bertz CT molecular complexity index is 696. The molecule has 1 aliphatic heterocycles. The Kier molecular flexibility index (Phi) is 4.64. The molecule has 1 aromatic carbocycles. The van der Waals surface area contributed by atoms with Gasteiger partial charge in [0.25, 0.3) is 11.8 Å². The molecule has 21 heavy (non-hydrogen) atoms. The highest BCUT2D eigenvalue weighted by Crippen LogP contribution is 2.09. The van der Waals surface area contributed by atoms with Crippen molar-refractivity contribution >= 4 is 29.1 Å². The quantitative estimate of drug-likeness (QED) is 0.295. The zero-order valence-corrected chi connectivity index (χ0v) is 11.9. The molecule has 5 heteroatoms. The SMILES string of the molecule is C=CCN1C(=O)C(=CC#Cc2ccccc2)C(=O)NC1=S. The van der Waals surface area contributed by atoms with E-state index in [1.165, 1.54) is 17.1 Å². The molecule has 1 saturated heterocycles. The summed E-state index contributed by atoms with van der Waals surface area (Å²) < 4.78 is 0. The van der Waals surface area contributed by atoms with Crippen molar-refractivity contribution in [3.8, 4) is 11.8 Å². The number of nitrogens with one attached hydrogen (secondary N) is 1. The molecule has 0 aromatic heterocycles. The number of carbonyl (C=O) groups is 2. The van der Waals surface area contributed by atoms with Gasteiger partial charge in [0.1, 0.15) is 5.57 Å². The zero-order valence-electron chi connectivity index (χ0n) is 11.1. The highest BCUT2D eigenvalue weighted by molar-refractivity contribution is 7.80. The smallest absolute Gasteiger partial charge is 0.266 e. The van der Waals surface area contributed by atoms with Gasteiger partial charge in [-0.3, -0.25) is 19.8 Å². The standard InChI is InChI=1S/C16H12N2O2S/c1-2-11-18-15(20)13(14(19)17-16(18)21)10-6-9-12-7-4-3-5-8-12/h2-5,7-8,10H,1,11H2,(H,17,19,21). The van der Waals surface area contributed by atoms with Crippen LogP contribution in [0.4, 0.5) is 0 Å². The average molecular weight is 296 g/mol. The van der Waals surface area contributed by atoms with Crippen molar-refractivity contribution in [2.24, 2.45) is 0 Å². The van der Waals surface area contributed by atoms with Crippen LogP contribution in [0.1, 0.15) is 5.56 Å². The Morgan fingerprint density at radius 3 is 2.67 bits per heavy atom. The summed E-state index contributed by atoms with van der Waals surface area (Å²) in [7, 11) is 0. The predicted molar refractivity (Wildman–Crippen MR) is 84.1 cm³/mol. The third-order valence-electron chi connectivity index (χ3n) is 2.70. The van der Waals surface area contributed by atoms with Crippen LogP contribution in [-0.4, -0.2) is 28.4 Å². The van der Waals surface area contributed by atoms with Crippen LogP contribution in [0.15, 0.2) is 54.6 Å². The number of rotatable bonds is 2. The summed E-state index contributed by atoms with van der Waals surface area (Å²) in [6, 6.07) is 9.29. The van der Waals surface area contributed by atoms with Crippen LogP contribution < -0.4 is 5.32 Å². The lowest BCUT2D eigenvalue weighted by Crippen LogP contribution is -2.53. The molecule has 0 aliphatic carbocycles. The molecule has 2 rings (SSSR count). The summed E-state index contributed by atoms with van der Waals surface area (Å²) >= 11 is 4.95. The van der Waals surface area contributed by atoms with Crippen LogP contribution >= 0.6 is 12.2 Å². The van der Waals surface area contributed by atoms with Gasteiger partial charge < -0.3 is 0 Å². The molecule has 1 N–H and O–H groups in total. The fourth-order valence-electron chi connectivity index (χ4n) is 1.70. The molecule has 1 aliphatic rings. The fourth-order valence-corrected chi connectivity index (χ4v) is 1.95. The maximum atomic E-state index is 12.2. The molecule has 0 saturated carbocycles. The largest absolute Gasteiger partial charge is 0.298 e. The molecule has 1 heterocycles. The summed E-state index contributed by atoms with van der Waals surface area (Å²) in [4.78, 5) is 25.2. The first-order valence-electron chi connectivity index (χ1n) is 6.18. The molecular formula is C16H12N2O2S. The van der Waals surface area contributed by atoms with E-state index in [9.17, 15) is 9.59 Å². The molecule has 0 atom stereocenters. The van der Waals surface area contributed by atoms with E-state index in [2.05, 4.69) is 23.7 Å². The minimum absolute atomic E-state index is 0.0334. The van der Waals surface area contributed by atoms with Gasteiger partial charge in [-0.15, -0.1) is 6.58 Å². The molecule has 0 bridgehead atoms. The Hall–Kier alpha value is -2.71. The number of nitrogens with zero attached hydrogens (tertiary/aromatic N) is 1. The van der Waals surface area contributed by atoms with Gasteiger partial charge in [-0.2, -0.15) is 0 Å². The van der Waals surface area contributed by atoms with E-state index < -0.39 is 11.8 Å². The van der Waals surface area contributed by atoms with Crippen LogP contribution in [0.25, 0.3) is 0 Å². The molecule has 0 radical (unpaired) electrons. The summed E-state index contributed by atoms with van der Waals surface area (Å²) in [5.74, 6) is 4.58. The van der Waals surface area contributed by atoms with Crippen molar-refractivity contribution < 1.29 is 9.59 Å².